The summed E-state index contributed by atoms with van der Waals surface area (Å²) in [5.41, 5.74) is 1.62. The highest BCUT2D eigenvalue weighted by atomic mass is 35.5. The standard InChI is InChI=1S/C49H47ClF3N7O10/c1-30-31(4-2-5-37(30)45(62)55-34-27-32(49(51,52)53)26-33(50)28-34)8-9-35-29-54-41-11-12-42(57-60(35)41)58-16-14-36(15-17-58)69-24-22-67-20-18-66-19-21-68-23-25-70-40-7-3-6-38-44(40)48(65)59(47(38)64)39-10-13-43(61)56-46(39)63/h2-7,11-12,26-29,36,39H,10,13-25H2,1H3,(H,55,62)(H,56,61,63). The number of hydrogen-bond acceptors (Lipinski definition) is 13. The van der Waals surface area contributed by atoms with Gasteiger partial charge in [0.1, 0.15) is 29.9 Å². The SMILES string of the molecule is Cc1c(C#Cc2cnc3ccc(N4CCC(OCCOCCOCCOCCOc5cccc6c5C(=O)N(C5CCC(=O)NC5=O)C6=O)CC4)nn23)cccc1C(=O)Nc1cc(Cl)cc(C(F)(F)F)c1. The average Bonchev–Trinajstić information content (AvgIpc) is 3.86. The van der Waals surface area contributed by atoms with Crippen molar-refractivity contribution < 1.29 is 60.8 Å². The Morgan fingerprint density at radius 1 is 0.857 bits per heavy atom. The molecule has 8 rings (SSSR count). The number of piperidine rings is 2. The summed E-state index contributed by atoms with van der Waals surface area (Å²) in [4.78, 5) is 70.8. The predicted molar refractivity (Wildman–Crippen MR) is 247 cm³/mol. The number of carbonyl (C=O) groups is 5. The van der Waals surface area contributed by atoms with Crippen LogP contribution in [0.15, 0.2) is 72.9 Å². The highest BCUT2D eigenvalue weighted by Crippen LogP contribution is 2.35. The smallest absolute Gasteiger partial charge is 0.416 e. The minimum Gasteiger partial charge on any atom is -0.490 e. The molecule has 2 saturated heterocycles. The van der Waals surface area contributed by atoms with Crippen LogP contribution in [0.5, 0.6) is 5.75 Å². The van der Waals surface area contributed by atoms with Gasteiger partial charge in [-0.25, -0.2) is 9.50 Å². The number of ether oxygens (including phenoxy) is 5. The Bertz CT molecular complexity index is 2860. The fourth-order valence-corrected chi connectivity index (χ4v) is 8.41. The van der Waals surface area contributed by atoms with Gasteiger partial charge in [-0.15, -0.1) is 5.10 Å². The zero-order valence-corrected chi connectivity index (χ0v) is 38.6. The first-order chi connectivity index (χ1) is 33.7. The molecule has 70 heavy (non-hydrogen) atoms. The maximum atomic E-state index is 13.3. The number of fused-ring (bicyclic) bond motifs is 2. The van der Waals surface area contributed by atoms with E-state index >= 15 is 0 Å². The zero-order valence-electron chi connectivity index (χ0n) is 37.8. The van der Waals surface area contributed by atoms with Gasteiger partial charge in [-0.2, -0.15) is 13.2 Å². The molecular weight excluding hydrogens is 939 g/mol. The lowest BCUT2D eigenvalue weighted by atomic mass is 10.0. The largest absolute Gasteiger partial charge is 0.490 e. The summed E-state index contributed by atoms with van der Waals surface area (Å²) in [6.45, 7) is 5.70. The average molecular weight is 986 g/mol. The highest BCUT2D eigenvalue weighted by Gasteiger charge is 2.46. The van der Waals surface area contributed by atoms with Crippen molar-refractivity contribution in [1.82, 2.24) is 24.8 Å². The van der Waals surface area contributed by atoms with E-state index in [1.165, 1.54) is 12.1 Å². The molecule has 21 heteroatoms. The summed E-state index contributed by atoms with van der Waals surface area (Å²) in [5.74, 6) is 4.19. The van der Waals surface area contributed by atoms with Gasteiger partial charge in [0.2, 0.25) is 11.8 Å². The minimum absolute atomic E-state index is 0.0326. The van der Waals surface area contributed by atoms with Crippen molar-refractivity contribution in [2.45, 2.75) is 50.9 Å². The molecule has 2 fully saturated rings. The fourth-order valence-electron chi connectivity index (χ4n) is 8.17. The maximum absolute atomic E-state index is 13.3. The van der Waals surface area contributed by atoms with Gasteiger partial charge in [-0.1, -0.05) is 29.7 Å². The molecule has 5 heterocycles. The van der Waals surface area contributed by atoms with Crippen LogP contribution in [-0.4, -0.2) is 127 Å². The normalized spacial score (nSPS) is 16.3. The van der Waals surface area contributed by atoms with E-state index in [9.17, 15) is 37.1 Å². The Hall–Kier alpha value is -6.89. The molecule has 0 saturated carbocycles. The summed E-state index contributed by atoms with van der Waals surface area (Å²) in [6, 6.07) is 15.2. The van der Waals surface area contributed by atoms with Gasteiger partial charge in [0, 0.05) is 41.3 Å². The molecule has 0 spiro atoms. The third-order valence-corrected chi connectivity index (χ3v) is 12.0. The van der Waals surface area contributed by atoms with Crippen molar-refractivity contribution in [2.24, 2.45) is 0 Å². The molecule has 5 aromatic rings. The topological polar surface area (TPSA) is 192 Å². The number of nitrogens with zero attached hydrogens (tertiary/aromatic N) is 5. The molecule has 3 aliphatic heterocycles. The lowest BCUT2D eigenvalue weighted by Gasteiger charge is -2.32. The highest BCUT2D eigenvalue weighted by molar-refractivity contribution is 6.31. The number of nitrogens with one attached hydrogen (secondary N) is 2. The number of halogens is 4. The van der Waals surface area contributed by atoms with E-state index < -0.39 is 47.3 Å². The van der Waals surface area contributed by atoms with Crippen LogP contribution < -0.4 is 20.3 Å². The quantitative estimate of drug-likeness (QED) is 0.0602. The summed E-state index contributed by atoms with van der Waals surface area (Å²) >= 11 is 5.90. The van der Waals surface area contributed by atoms with E-state index in [1.807, 2.05) is 12.1 Å². The van der Waals surface area contributed by atoms with Crippen LogP contribution in [0.25, 0.3) is 5.65 Å². The van der Waals surface area contributed by atoms with Gasteiger partial charge in [0.05, 0.1) is 75.2 Å². The number of rotatable bonds is 18. The second-order valence-electron chi connectivity index (χ2n) is 16.4. The van der Waals surface area contributed by atoms with Crippen LogP contribution in [0.4, 0.5) is 24.7 Å². The number of benzene rings is 3. The van der Waals surface area contributed by atoms with Gasteiger partial charge < -0.3 is 33.9 Å². The third kappa shape index (κ3) is 11.7. The Labute approximate surface area is 404 Å². The van der Waals surface area contributed by atoms with Gasteiger partial charge in [0.25, 0.3) is 17.7 Å². The minimum atomic E-state index is -4.63. The van der Waals surface area contributed by atoms with Gasteiger partial charge in [-0.05, 0) is 92.3 Å². The number of amides is 5. The van der Waals surface area contributed by atoms with Crippen LogP contribution >= 0.6 is 11.6 Å². The van der Waals surface area contributed by atoms with Crippen molar-refractivity contribution in [3.05, 3.63) is 117 Å². The Balaban J connectivity index is 0.703. The summed E-state index contributed by atoms with van der Waals surface area (Å²) in [6.07, 6.45) is -1.26. The Kier molecular flexibility index (Phi) is 15.7. The van der Waals surface area contributed by atoms with Crippen molar-refractivity contribution in [3.63, 3.8) is 0 Å². The van der Waals surface area contributed by atoms with Crippen molar-refractivity contribution >= 4 is 58.3 Å². The maximum Gasteiger partial charge on any atom is 0.416 e. The first kappa shape index (κ1) is 49.5. The van der Waals surface area contributed by atoms with Crippen molar-refractivity contribution in [3.8, 4) is 17.6 Å². The van der Waals surface area contributed by atoms with E-state index in [1.54, 1.807) is 48.0 Å². The third-order valence-electron chi connectivity index (χ3n) is 11.7. The molecule has 3 aromatic carbocycles. The molecule has 0 radical (unpaired) electrons. The van der Waals surface area contributed by atoms with E-state index in [0.29, 0.717) is 62.1 Å². The van der Waals surface area contributed by atoms with Crippen LogP contribution in [-0.2, 0) is 34.7 Å². The molecule has 5 amide bonds. The fraction of sp³-hybridized carbons (Fsp3) is 0.367. The lowest BCUT2D eigenvalue weighted by molar-refractivity contribution is -0.138. The van der Waals surface area contributed by atoms with Crippen LogP contribution in [0.1, 0.15) is 79.1 Å². The van der Waals surface area contributed by atoms with Crippen LogP contribution in [0.2, 0.25) is 5.02 Å². The first-order valence-electron chi connectivity index (χ1n) is 22.5. The first-order valence-corrected chi connectivity index (χ1v) is 22.9. The van der Waals surface area contributed by atoms with Gasteiger partial charge >= 0.3 is 6.18 Å². The molecule has 3 aliphatic rings. The Morgan fingerprint density at radius 3 is 2.30 bits per heavy atom. The molecule has 2 N–H and O–H groups in total. The van der Waals surface area contributed by atoms with E-state index in [0.717, 1.165) is 48.8 Å². The van der Waals surface area contributed by atoms with Gasteiger partial charge in [0.15, 0.2) is 5.65 Å². The Morgan fingerprint density at radius 2 is 1.57 bits per heavy atom. The predicted octanol–water partition coefficient (Wildman–Crippen LogP) is 5.88. The second kappa shape index (κ2) is 22.2. The molecule has 0 bridgehead atoms. The van der Waals surface area contributed by atoms with Crippen molar-refractivity contribution in [2.75, 3.05) is 76.2 Å². The van der Waals surface area contributed by atoms with Crippen LogP contribution in [0.3, 0.4) is 0 Å². The van der Waals surface area contributed by atoms with E-state index in [-0.39, 0.29) is 65.3 Å². The number of hydrogen-bond donors (Lipinski definition) is 2. The molecule has 2 aromatic heterocycles. The number of imide groups is 2. The number of carbonyl (C=O) groups excluding carboxylic acids is 5. The lowest BCUT2D eigenvalue weighted by Crippen LogP contribution is -2.54. The summed E-state index contributed by atoms with van der Waals surface area (Å²) < 4.78 is 70.3. The van der Waals surface area contributed by atoms with E-state index in [4.69, 9.17) is 40.4 Å². The number of anilines is 2. The molecular formula is C49H47ClF3N7O10. The molecule has 1 atom stereocenters. The molecule has 1 unspecified atom stereocenters. The van der Waals surface area contributed by atoms with Crippen molar-refractivity contribution in [1.29, 1.82) is 0 Å². The van der Waals surface area contributed by atoms with Crippen LogP contribution in [0, 0.1) is 18.8 Å². The number of aromatic nitrogens is 3. The second-order valence-corrected chi connectivity index (χ2v) is 16.8. The molecule has 366 valence electrons. The molecule has 0 aliphatic carbocycles. The molecule has 17 nitrogen and oxygen atoms in total. The number of alkyl halides is 3. The zero-order chi connectivity index (χ0) is 49.4. The van der Waals surface area contributed by atoms with Gasteiger partial charge in [-0.3, -0.25) is 34.2 Å². The van der Waals surface area contributed by atoms with E-state index in [2.05, 4.69) is 32.4 Å². The monoisotopic (exact) mass is 985 g/mol. The number of imidazole rings is 1. The summed E-state index contributed by atoms with van der Waals surface area (Å²) in [7, 11) is 0. The summed E-state index contributed by atoms with van der Waals surface area (Å²) in [5, 5.41) is 9.36.